The first-order chi connectivity index (χ1) is 10.2. The highest BCUT2D eigenvalue weighted by Gasteiger charge is 2.07. The van der Waals surface area contributed by atoms with Crippen molar-refractivity contribution in [1.29, 1.82) is 0 Å². The fourth-order valence-corrected chi connectivity index (χ4v) is 3.12. The number of aliphatic hydroxyl groups is 1. The molecule has 0 bridgehead atoms. The molecule has 1 atom stereocenters. The first kappa shape index (κ1) is 15.9. The van der Waals surface area contributed by atoms with Crippen LogP contribution in [0.5, 0.6) is 5.75 Å². The first-order valence-corrected chi connectivity index (χ1v) is 8.17. The quantitative estimate of drug-likeness (QED) is 0.781. The second-order valence-corrected chi connectivity index (χ2v) is 6.18. The Morgan fingerprint density at radius 2 is 1.81 bits per heavy atom. The van der Waals surface area contributed by atoms with Crippen LogP contribution in [0.15, 0.2) is 53.4 Å². The Bertz CT molecular complexity index is 551. The van der Waals surface area contributed by atoms with E-state index in [1.807, 2.05) is 24.3 Å². The lowest BCUT2D eigenvalue weighted by Gasteiger charge is -2.11. The molecule has 0 heterocycles. The van der Waals surface area contributed by atoms with Crippen LogP contribution in [0.1, 0.15) is 17.5 Å². The van der Waals surface area contributed by atoms with Crippen LogP contribution in [0.4, 0.5) is 0 Å². The maximum atomic E-state index is 10.1. The number of aliphatic hydroxyl groups excluding tert-OH is 1. The second kappa shape index (κ2) is 8.11. The third-order valence-electron chi connectivity index (χ3n) is 3.45. The summed E-state index contributed by atoms with van der Waals surface area (Å²) < 4.78 is 5.14. The van der Waals surface area contributed by atoms with Gasteiger partial charge in [0.1, 0.15) is 5.75 Å². The lowest BCUT2D eigenvalue weighted by atomic mass is 10.1. The van der Waals surface area contributed by atoms with Gasteiger partial charge in [-0.15, -0.1) is 11.8 Å². The van der Waals surface area contributed by atoms with Crippen LogP contribution in [0.25, 0.3) is 0 Å². The maximum Gasteiger partial charge on any atom is 0.118 e. The van der Waals surface area contributed by atoms with Crippen molar-refractivity contribution >= 4 is 11.8 Å². The Labute approximate surface area is 131 Å². The number of thioether (sulfide) groups is 1. The van der Waals surface area contributed by atoms with Gasteiger partial charge >= 0.3 is 0 Å². The molecule has 21 heavy (non-hydrogen) atoms. The smallest absolute Gasteiger partial charge is 0.118 e. The molecule has 0 aliphatic rings. The van der Waals surface area contributed by atoms with Crippen LogP contribution in [-0.2, 0) is 6.42 Å². The second-order valence-electron chi connectivity index (χ2n) is 5.12. The van der Waals surface area contributed by atoms with E-state index in [1.165, 1.54) is 16.0 Å². The van der Waals surface area contributed by atoms with Crippen LogP contribution >= 0.6 is 11.8 Å². The van der Waals surface area contributed by atoms with Gasteiger partial charge in [-0.05, 0) is 49.1 Å². The molecule has 1 unspecified atom stereocenters. The fourth-order valence-electron chi connectivity index (χ4n) is 2.11. The minimum absolute atomic E-state index is 0.281. The van der Waals surface area contributed by atoms with Gasteiger partial charge in [0, 0.05) is 10.6 Å². The van der Waals surface area contributed by atoms with Gasteiger partial charge in [-0.3, -0.25) is 0 Å². The molecule has 0 radical (unpaired) electrons. The van der Waals surface area contributed by atoms with Crippen molar-refractivity contribution in [3.63, 3.8) is 0 Å². The molecule has 3 heteroatoms. The number of rotatable bonds is 7. The minimum Gasteiger partial charge on any atom is -0.497 e. The normalized spacial score (nSPS) is 12.1. The van der Waals surface area contributed by atoms with E-state index in [0.717, 1.165) is 24.3 Å². The van der Waals surface area contributed by atoms with Crippen LogP contribution in [0.2, 0.25) is 0 Å². The molecule has 0 fully saturated rings. The number of aryl methyl sites for hydroxylation is 2. The van der Waals surface area contributed by atoms with E-state index in [9.17, 15) is 5.11 Å². The molecule has 2 rings (SSSR count). The zero-order valence-corrected chi connectivity index (χ0v) is 13.4. The largest absolute Gasteiger partial charge is 0.497 e. The topological polar surface area (TPSA) is 29.5 Å². The molecule has 2 aromatic carbocycles. The van der Waals surface area contributed by atoms with Crippen LogP contribution in [0.3, 0.4) is 0 Å². The van der Waals surface area contributed by atoms with Crippen molar-refractivity contribution in [3.8, 4) is 5.75 Å². The molecule has 0 aliphatic heterocycles. The molecule has 2 nitrogen and oxygen atoms in total. The highest BCUT2D eigenvalue weighted by Crippen LogP contribution is 2.23. The summed E-state index contributed by atoms with van der Waals surface area (Å²) in [6.07, 6.45) is 1.39. The Hall–Kier alpha value is -1.45. The summed E-state index contributed by atoms with van der Waals surface area (Å²) in [6, 6.07) is 16.3. The summed E-state index contributed by atoms with van der Waals surface area (Å²) in [4.78, 5) is 1.25. The summed E-state index contributed by atoms with van der Waals surface area (Å²) in [5, 5.41) is 10.1. The molecule has 0 aromatic heterocycles. The van der Waals surface area contributed by atoms with Crippen LogP contribution in [0, 0.1) is 6.92 Å². The van der Waals surface area contributed by atoms with Gasteiger partial charge in [0.15, 0.2) is 0 Å². The van der Waals surface area contributed by atoms with Gasteiger partial charge in [0.2, 0.25) is 0 Å². The maximum absolute atomic E-state index is 10.1. The van der Waals surface area contributed by atoms with Crippen molar-refractivity contribution in [2.75, 3.05) is 12.9 Å². The first-order valence-electron chi connectivity index (χ1n) is 7.18. The van der Waals surface area contributed by atoms with E-state index in [4.69, 9.17) is 4.74 Å². The van der Waals surface area contributed by atoms with E-state index in [0.29, 0.717) is 0 Å². The predicted molar refractivity (Wildman–Crippen MR) is 89.2 cm³/mol. The SMILES string of the molecule is COc1ccc(CCC(O)CSc2ccccc2C)cc1. The molecule has 0 amide bonds. The average molecular weight is 302 g/mol. The van der Waals surface area contributed by atoms with Crippen molar-refractivity contribution in [3.05, 3.63) is 59.7 Å². The summed E-state index contributed by atoms with van der Waals surface area (Å²) in [6.45, 7) is 2.10. The third-order valence-corrected chi connectivity index (χ3v) is 4.77. The molecule has 2 aromatic rings. The number of methoxy groups -OCH3 is 1. The standard InChI is InChI=1S/C18H22O2S/c1-14-5-3-4-6-18(14)21-13-16(19)10-7-15-8-11-17(20-2)12-9-15/h3-6,8-9,11-12,16,19H,7,10,13H2,1-2H3. The van der Waals surface area contributed by atoms with E-state index in [-0.39, 0.29) is 6.10 Å². The fraction of sp³-hybridized carbons (Fsp3) is 0.333. The molecule has 112 valence electrons. The molecule has 1 N–H and O–H groups in total. The minimum atomic E-state index is -0.281. The summed E-state index contributed by atoms with van der Waals surface area (Å²) >= 11 is 1.73. The van der Waals surface area contributed by atoms with E-state index >= 15 is 0 Å². The lowest BCUT2D eigenvalue weighted by molar-refractivity contribution is 0.189. The van der Waals surface area contributed by atoms with Crippen LogP contribution < -0.4 is 4.74 Å². The molecular formula is C18H22O2S. The Kier molecular flexibility index (Phi) is 6.15. The average Bonchev–Trinajstić information content (AvgIpc) is 2.52. The van der Waals surface area contributed by atoms with Gasteiger partial charge in [-0.2, -0.15) is 0 Å². The molecule has 0 saturated carbocycles. The molecule has 0 aliphatic carbocycles. The zero-order valence-electron chi connectivity index (χ0n) is 12.6. The van der Waals surface area contributed by atoms with Gasteiger partial charge in [0.05, 0.1) is 13.2 Å². The number of hydrogen-bond acceptors (Lipinski definition) is 3. The van der Waals surface area contributed by atoms with E-state index < -0.39 is 0 Å². The highest BCUT2D eigenvalue weighted by molar-refractivity contribution is 7.99. The van der Waals surface area contributed by atoms with E-state index in [1.54, 1.807) is 18.9 Å². The monoisotopic (exact) mass is 302 g/mol. The molecular weight excluding hydrogens is 280 g/mol. The summed E-state index contributed by atoms with van der Waals surface area (Å²) in [7, 11) is 1.67. The predicted octanol–water partition coefficient (Wildman–Crippen LogP) is 4.09. The zero-order chi connectivity index (χ0) is 15.1. The lowest BCUT2D eigenvalue weighted by Crippen LogP contribution is -2.11. The summed E-state index contributed by atoms with van der Waals surface area (Å²) in [5.41, 5.74) is 2.50. The van der Waals surface area contributed by atoms with E-state index in [2.05, 4.69) is 31.2 Å². The summed E-state index contributed by atoms with van der Waals surface area (Å²) in [5.74, 6) is 1.61. The van der Waals surface area contributed by atoms with Gasteiger partial charge < -0.3 is 9.84 Å². The van der Waals surface area contributed by atoms with Gasteiger partial charge in [0.25, 0.3) is 0 Å². The number of benzene rings is 2. The van der Waals surface area contributed by atoms with Crippen molar-refractivity contribution in [2.45, 2.75) is 30.8 Å². The van der Waals surface area contributed by atoms with Crippen molar-refractivity contribution in [2.24, 2.45) is 0 Å². The van der Waals surface area contributed by atoms with Gasteiger partial charge in [-0.25, -0.2) is 0 Å². The van der Waals surface area contributed by atoms with Crippen molar-refractivity contribution in [1.82, 2.24) is 0 Å². The van der Waals surface area contributed by atoms with Gasteiger partial charge in [-0.1, -0.05) is 30.3 Å². The number of ether oxygens (including phenoxy) is 1. The molecule has 0 spiro atoms. The Balaban J connectivity index is 1.76. The molecule has 0 saturated heterocycles. The third kappa shape index (κ3) is 5.10. The Morgan fingerprint density at radius 3 is 2.48 bits per heavy atom. The van der Waals surface area contributed by atoms with Crippen molar-refractivity contribution < 1.29 is 9.84 Å². The van der Waals surface area contributed by atoms with Crippen LogP contribution in [-0.4, -0.2) is 24.1 Å². The highest BCUT2D eigenvalue weighted by atomic mass is 32.2. The Morgan fingerprint density at radius 1 is 1.10 bits per heavy atom. The number of hydrogen-bond donors (Lipinski definition) is 1.